The van der Waals surface area contributed by atoms with Gasteiger partial charge in [0, 0.05) is 11.6 Å². The standard InChI is InChI=1S/C15H17N3O4S2/c1-2-3-4-13-14(19)17-11-9-10(5-6-12(11)22-13)24(20,21)18-15-16-7-8-23-15/h5-9,13H,2-4H2,1H3,(H,16,18)(H,17,19)/t13-/m1/s1. The molecule has 9 heteroatoms. The molecular weight excluding hydrogens is 350 g/mol. The van der Waals surface area contributed by atoms with Gasteiger partial charge in [-0.3, -0.25) is 9.52 Å². The van der Waals surface area contributed by atoms with Crippen molar-refractivity contribution < 1.29 is 17.9 Å². The second-order valence-electron chi connectivity index (χ2n) is 5.34. The Balaban J connectivity index is 1.82. The van der Waals surface area contributed by atoms with Crippen molar-refractivity contribution in [1.82, 2.24) is 4.98 Å². The first kappa shape index (κ1) is 16.7. The minimum absolute atomic E-state index is 0.0346. The molecule has 3 rings (SSSR count). The predicted molar refractivity (Wildman–Crippen MR) is 91.9 cm³/mol. The van der Waals surface area contributed by atoms with Crippen molar-refractivity contribution in [3.63, 3.8) is 0 Å². The maximum absolute atomic E-state index is 12.4. The fourth-order valence-corrected chi connectivity index (χ4v) is 4.14. The minimum atomic E-state index is -3.77. The molecule has 0 radical (unpaired) electrons. The number of unbranched alkanes of at least 4 members (excludes halogenated alkanes) is 1. The van der Waals surface area contributed by atoms with Crippen molar-refractivity contribution in [2.45, 2.75) is 37.2 Å². The lowest BCUT2D eigenvalue weighted by atomic mass is 10.1. The van der Waals surface area contributed by atoms with Gasteiger partial charge in [-0.1, -0.05) is 13.3 Å². The summed E-state index contributed by atoms with van der Waals surface area (Å²) in [5.74, 6) is 0.224. The number of ether oxygens (including phenoxy) is 1. The van der Waals surface area contributed by atoms with Crippen LogP contribution in [0.1, 0.15) is 26.2 Å². The molecule has 2 aromatic rings. The summed E-state index contributed by atoms with van der Waals surface area (Å²) in [6, 6.07) is 4.40. The van der Waals surface area contributed by atoms with Crippen LogP contribution in [-0.4, -0.2) is 25.4 Å². The van der Waals surface area contributed by atoms with Crippen LogP contribution in [0.3, 0.4) is 0 Å². The first-order chi connectivity index (χ1) is 11.5. The topological polar surface area (TPSA) is 97.4 Å². The number of thiazole rings is 1. The number of nitrogens with one attached hydrogen (secondary N) is 2. The second kappa shape index (κ2) is 6.78. The molecule has 0 fully saturated rings. The van der Waals surface area contributed by atoms with E-state index in [0.717, 1.165) is 12.8 Å². The summed E-state index contributed by atoms with van der Waals surface area (Å²) in [4.78, 5) is 16.0. The molecular formula is C15H17N3O4S2. The number of rotatable bonds is 6. The van der Waals surface area contributed by atoms with E-state index in [1.807, 2.05) is 6.92 Å². The highest BCUT2D eigenvalue weighted by atomic mass is 32.2. The van der Waals surface area contributed by atoms with E-state index in [2.05, 4.69) is 15.0 Å². The van der Waals surface area contributed by atoms with Gasteiger partial charge in [0.1, 0.15) is 5.75 Å². The third kappa shape index (κ3) is 3.51. The van der Waals surface area contributed by atoms with Gasteiger partial charge in [-0.05, 0) is 31.0 Å². The van der Waals surface area contributed by atoms with Gasteiger partial charge in [-0.15, -0.1) is 11.3 Å². The van der Waals surface area contributed by atoms with Gasteiger partial charge in [0.05, 0.1) is 10.6 Å². The number of carbonyl (C=O) groups is 1. The summed E-state index contributed by atoms with van der Waals surface area (Å²) in [5.41, 5.74) is 0.356. The van der Waals surface area contributed by atoms with E-state index in [9.17, 15) is 13.2 Å². The van der Waals surface area contributed by atoms with Crippen molar-refractivity contribution in [1.29, 1.82) is 0 Å². The van der Waals surface area contributed by atoms with Crippen LogP contribution in [0.25, 0.3) is 0 Å². The fraction of sp³-hybridized carbons (Fsp3) is 0.333. The number of amides is 1. The SMILES string of the molecule is CCCC[C@H]1Oc2ccc(S(=O)(=O)Nc3nccs3)cc2NC1=O. The van der Waals surface area contributed by atoms with Crippen molar-refractivity contribution >= 4 is 38.1 Å². The van der Waals surface area contributed by atoms with E-state index in [1.54, 1.807) is 11.4 Å². The van der Waals surface area contributed by atoms with Crippen molar-refractivity contribution in [2.24, 2.45) is 0 Å². The number of hydrogen-bond acceptors (Lipinski definition) is 6. The van der Waals surface area contributed by atoms with Crippen LogP contribution in [0.2, 0.25) is 0 Å². The average Bonchev–Trinajstić information content (AvgIpc) is 3.04. The van der Waals surface area contributed by atoms with Crippen molar-refractivity contribution in [3.05, 3.63) is 29.8 Å². The summed E-state index contributed by atoms with van der Waals surface area (Å²) < 4.78 is 32.8. The number of fused-ring (bicyclic) bond motifs is 1. The van der Waals surface area contributed by atoms with Gasteiger partial charge in [-0.2, -0.15) is 0 Å². The molecule has 0 saturated carbocycles. The quantitative estimate of drug-likeness (QED) is 0.818. The molecule has 0 saturated heterocycles. The molecule has 1 atom stereocenters. The molecule has 128 valence electrons. The second-order valence-corrected chi connectivity index (χ2v) is 7.92. The van der Waals surface area contributed by atoms with Crippen LogP contribution in [-0.2, 0) is 14.8 Å². The zero-order chi connectivity index (χ0) is 17.2. The van der Waals surface area contributed by atoms with Gasteiger partial charge in [0.25, 0.3) is 15.9 Å². The number of sulfonamides is 1. The van der Waals surface area contributed by atoms with Crippen LogP contribution in [0, 0.1) is 0 Å². The molecule has 1 aromatic heterocycles. The normalized spacial score (nSPS) is 16.9. The van der Waals surface area contributed by atoms with Crippen LogP contribution in [0.15, 0.2) is 34.7 Å². The molecule has 0 bridgehead atoms. The molecule has 2 heterocycles. The van der Waals surface area contributed by atoms with E-state index in [4.69, 9.17) is 4.74 Å². The first-order valence-electron chi connectivity index (χ1n) is 7.53. The molecule has 0 spiro atoms. The number of anilines is 2. The number of nitrogens with zero attached hydrogens (tertiary/aromatic N) is 1. The van der Waals surface area contributed by atoms with Crippen LogP contribution >= 0.6 is 11.3 Å². The van der Waals surface area contributed by atoms with Crippen molar-refractivity contribution in [3.8, 4) is 5.75 Å². The highest BCUT2D eigenvalue weighted by Gasteiger charge is 2.28. The van der Waals surface area contributed by atoms with Crippen LogP contribution in [0.4, 0.5) is 10.8 Å². The average molecular weight is 367 g/mol. The Morgan fingerprint density at radius 1 is 1.42 bits per heavy atom. The number of hydrogen-bond donors (Lipinski definition) is 2. The van der Waals surface area contributed by atoms with Gasteiger partial charge in [-0.25, -0.2) is 13.4 Å². The summed E-state index contributed by atoms with van der Waals surface area (Å²) in [6.45, 7) is 2.04. The van der Waals surface area contributed by atoms with E-state index in [1.165, 1.54) is 29.7 Å². The van der Waals surface area contributed by atoms with Gasteiger partial charge in [0.15, 0.2) is 11.2 Å². The third-order valence-corrected chi connectivity index (χ3v) is 5.71. The monoisotopic (exact) mass is 367 g/mol. The maximum Gasteiger partial charge on any atom is 0.265 e. The maximum atomic E-state index is 12.4. The number of carbonyl (C=O) groups excluding carboxylic acids is 1. The smallest absolute Gasteiger partial charge is 0.265 e. The molecule has 1 aliphatic rings. The minimum Gasteiger partial charge on any atom is -0.478 e. The van der Waals surface area contributed by atoms with Gasteiger partial charge in [0.2, 0.25) is 0 Å². The van der Waals surface area contributed by atoms with Gasteiger partial charge < -0.3 is 10.1 Å². The highest BCUT2D eigenvalue weighted by molar-refractivity contribution is 7.93. The Hall–Kier alpha value is -2.13. The molecule has 7 nitrogen and oxygen atoms in total. The van der Waals surface area contributed by atoms with E-state index in [0.29, 0.717) is 17.9 Å². The summed E-state index contributed by atoms with van der Waals surface area (Å²) >= 11 is 1.19. The fourth-order valence-electron chi connectivity index (χ4n) is 2.32. The number of benzene rings is 1. The molecule has 0 unspecified atom stereocenters. The Bertz CT molecular complexity index is 834. The zero-order valence-electron chi connectivity index (χ0n) is 13.0. The molecule has 1 aromatic carbocycles. The molecule has 2 N–H and O–H groups in total. The van der Waals surface area contributed by atoms with Crippen molar-refractivity contribution in [2.75, 3.05) is 10.0 Å². The lowest BCUT2D eigenvalue weighted by Crippen LogP contribution is -2.37. The lowest BCUT2D eigenvalue weighted by Gasteiger charge is -2.26. The van der Waals surface area contributed by atoms with Crippen LogP contribution in [0.5, 0.6) is 5.75 Å². The summed E-state index contributed by atoms with van der Waals surface area (Å²) in [7, 11) is -3.77. The summed E-state index contributed by atoms with van der Waals surface area (Å²) in [6.07, 6.45) is 3.47. The Morgan fingerprint density at radius 2 is 2.25 bits per heavy atom. The Kier molecular flexibility index (Phi) is 4.72. The number of aromatic nitrogens is 1. The molecule has 1 amide bonds. The predicted octanol–water partition coefficient (Wildman–Crippen LogP) is 2.83. The van der Waals surface area contributed by atoms with Gasteiger partial charge >= 0.3 is 0 Å². The zero-order valence-corrected chi connectivity index (χ0v) is 14.6. The van der Waals surface area contributed by atoms with E-state index < -0.39 is 16.1 Å². The molecule has 24 heavy (non-hydrogen) atoms. The largest absolute Gasteiger partial charge is 0.478 e. The molecule has 1 aliphatic heterocycles. The van der Waals surface area contributed by atoms with E-state index in [-0.39, 0.29) is 15.9 Å². The lowest BCUT2D eigenvalue weighted by molar-refractivity contribution is -0.123. The van der Waals surface area contributed by atoms with E-state index >= 15 is 0 Å². The Morgan fingerprint density at radius 3 is 2.96 bits per heavy atom. The van der Waals surface area contributed by atoms with Crippen LogP contribution < -0.4 is 14.8 Å². The molecule has 0 aliphatic carbocycles. The third-order valence-electron chi connectivity index (χ3n) is 3.55. The summed E-state index contributed by atoms with van der Waals surface area (Å²) in [5, 5.41) is 4.68. The Labute approximate surface area is 144 Å². The first-order valence-corrected chi connectivity index (χ1v) is 9.90. The highest BCUT2D eigenvalue weighted by Crippen LogP contribution is 2.33.